The third-order valence-electron chi connectivity index (χ3n) is 10.2. The van der Waals surface area contributed by atoms with E-state index in [9.17, 15) is 10.1 Å². The van der Waals surface area contributed by atoms with Gasteiger partial charge in [-0.2, -0.15) is 0 Å². The van der Waals surface area contributed by atoms with Crippen molar-refractivity contribution in [3.05, 3.63) is 154 Å². The number of hydrogen-bond donors (Lipinski definition) is 1. The lowest BCUT2D eigenvalue weighted by molar-refractivity contribution is -0.549. The molecule has 2 unspecified atom stereocenters. The van der Waals surface area contributed by atoms with Gasteiger partial charge in [0.1, 0.15) is 0 Å². The van der Waals surface area contributed by atoms with Crippen molar-refractivity contribution < 1.29 is 14.4 Å². The number of aryl methyl sites for hydroxylation is 4. The van der Waals surface area contributed by atoms with Crippen LogP contribution in [0.25, 0.3) is 0 Å². The highest BCUT2D eigenvalue weighted by atomic mass is 16.6. The molecule has 6 heteroatoms. The molecular weight excluding hydrogens is 596 g/mol. The molecule has 4 aromatic carbocycles. The van der Waals surface area contributed by atoms with Gasteiger partial charge >= 0.3 is 0 Å². The molecule has 2 saturated heterocycles. The van der Waals surface area contributed by atoms with E-state index in [1.165, 1.54) is 22.3 Å². The summed E-state index contributed by atoms with van der Waals surface area (Å²) in [6.45, 7) is 2.63. The van der Waals surface area contributed by atoms with Crippen molar-refractivity contribution in [3.63, 3.8) is 0 Å². The second-order valence-electron chi connectivity index (χ2n) is 13.6. The standard InChI is InChI=1S/C21H25NO3.C21H27NO/c23-22(24)21-19(13-11-17-7-3-1-4-8-17)15-25-16-20(21)14-12-18-9-5-2-6-10-18;22-21-19(13-11-17-7-3-1-4-8-17)15-23-16-20(21)14-12-18-9-5-2-6-10-18/h1-10,19-21H,11-16H2;1-10,19-21H,11-16,22H2/t2*19-,20+,21?. The molecule has 2 fully saturated rings. The zero-order chi connectivity index (χ0) is 33.4. The fourth-order valence-electron chi connectivity index (χ4n) is 7.32. The molecule has 6 rings (SSSR count). The molecule has 2 heterocycles. The summed E-state index contributed by atoms with van der Waals surface area (Å²) in [6, 6.07) is 41.5. The van der Waals surface area contributed by atoms with E-state index in [-0.39, 0.29) is 22.8 Å². The molecule has 0 aliphatic carbocycles. The molecule has 2 N–H and O–H groups in total. The van der Waals surface area contributed by atoms with Crippen LogP contribution >= 0.6 is 0 Å². The summed E-state index contributed by atoms with van der Waals surface area (Å²) in [7, 11) is 0. The molecule has 48 heavy (non-hydrogen) atoms. The Balaban J connectivity index is 0.000000188. The van der Waals surface area contributed by atoms with Gasteiger partial charge in [0.05, 0.1) is 38.3 Å². The van der Waals surface area contributed by atoms with Crippen molar-refractivity contribution in [1.82, 2.24) is 0 Å². The number of nitrogens with zero attached hydrogens (tertiary/aromatic N) is 1. The van der Waals surface area contributed by atoms with Crippen LogP contribution in [0.4, 0.5) is 0 Å². The zero-order valence-electron chi connectivity index (χ0n) is 28.2. The predicted octanol–water partition coefficient (Wildman–Crippen LogP) is 8.00. The van der Waals surface area contributed by atoms with Gasteiger partial charge in [-0.25, -0.2) is 0 Å². The summed E-state index contributed by atoms with van der Waals surface area (Å²) in [5, 5.41) is 11.7. The highest BCUT2D eigenvalue weighted by molar-refractivity contribution is 5.17. The van der Waals surface area contributed by atoms with Crippen LogP contribution in [0.2, 0.25) is 0 Å². The molecule has 0 aromatic heterocycles. The Morgan fingerprint density at radius 3 is 1.06 bits per heavy atom. The molecule has 6 atom stereocenters. The quantitative estimate of drug-likeness (QED) is 0.117. The number of nitro groups is 1. The number of benzene rings is 4. The molecule has 0 bridgehead atoms. The molecule has 4 aromatic rings. The van der Waals surface area contributed by atoms with Crippen molar-refractivity contribution >= 4 is 0 Å². The Morgan fingerprint density at radius 2 is 0.771 bits per heavy atom. The number of ether oxygens (including phenoxy) is 2. The monoisotopic (exact) mass is 648 g/mol. The van der Waals surface area contributed by atoms with Gasteiger partial charge in [-0.1, -0.05) is 121 Å². The van der Waals surface area contributed by atoms with E-state index >= 15 is 0 Å². The maximum atomic E-state index is 11.7. The summed E-state index contributed by atoms with van der Waals surface area (Å²) in [6.07, 6.45) is 7.76. The topological polar surface area (TPSA) is 87.6 Å². The Kier molecular flexibility index (Phi) is 14.2. The number of nitrogens with two attached hydrogens (primary N) is 1. The van der Waals surface area contributed by atoms with E-state index in [4.69, 9.17) is 15.2 Å². The maximum absolute atomic E-state index is 11.7. The minimum absolute atomic E-state index is 0.00951. The molecule has 6 nitrogen and oxygen atoms in total. The van der Waals surface area contributed by atoms with Crippen LogP contribution in [0, 0.1) is 33.8 Å². The molecule has 0 amide bonds. The lowest BCUT2D eigenvalue weighted by Gasteiger charge is -2.36. The highest BCUT2D eigenvalue weighted by Crippen LogP contribution is 2.30. The summed E-state index contributed by atoms with van der Waals surface area (Å²) < 4.78 is 11.6. The van der Waals surface area contributed by atoms with Crippen molar-refractivity contribution in [1.29, 1.82) is 0 Å². The molecule has 2 aliphatic heterocycles. The maximum Gasteiger partial charge on any atom is 0.223 e. The van der Waals surface area contributed by atoms with E-state index in [1.54, 1.807) is 0 Å². The average Bonchev–Trinajstić information content (AvgIpc) is 3.14. The first-order valence-electron chi connectivity index (χ1n) is 17.8. The molecule has 0 saturated carbocycles. The SMILES string of the molecule is NC1[C@H](CCc2ccccc2)COC[C@@H]1CCc1ccccc1.O=[N+]([O-])C1[C@H](CCc2ccccc2)COC[C@@H]1CCc1ccccc1. The second kappa shape index (κ2) is 19.2. The van der Waals surface area contributed by atoms with Gasteiger partial charge in [-0.15, -0.1) is 0 Å². The van der Waals surface area contributed by atoms with Crippen molar-refractivity contribution in [2.75, 3.05) is 26.4 Å². The van der Waals surface area contributed by atoms with Gasteiger partial charge in [0.25, 0.3) is 0 Å². The van der Waals surface area contributed by atoms with Crippen LogP contribution in [0.5, 0.6) is 0 Å². The Hall–Kier alpha value is -3.84. The zero-order valence-corrected chi connectivity index (χ0v) is 28.2. The Bertz CT molecular complexity index is 1350. The van der Waals surface area contributed by atoms with Crippen LogP contribution in [0.15, 0.2) is 121 Å². The van der Waals surface area contributed by atoms with Crippen LogP contribution in [-0.2, 0) is 35.2 Å². The predicted molar refractivity (Wildman–Crippen MR) is 193 cm³/mol. The third-order valence-corrected chi connectivity index (χ3v) is 10.2. The van der Waals surface area contributed by atoms with Gasteiger partial charge in [0, 0.05) is 11.0 Å². The smallest absolute Gasteiger partial charge is 0.223 e. The lowest BCUT2D eigenvalue weighted by Crippen LogP contribution is -2.46. The number of hydrogen-bond acceptors (Lipinski definition) is 5. The van der Waals surface area contributed by atoms with Gasteiger partial charge in [-0.05, 0) is 85.5 Å². The van der Waals surface area contributed by atoms with E-state index in [2.05, 4.69) is 84.9 Å². The summed E-state index contributed by atoms with van der Waals surface area (Å²) in [5.41, 5.74) is 11.8. The van der Waals surface area contributed by atoms with Crippen molar-refractivity contribution in [2.24, 2.45) is 29.4 Å². The van der Waals surface area contributed by atoms with E-state index < -0.39 is 6.04 Å². The molecule has 0 radical (unpaired) electrons. The number of rotatable bonds is 13. The first-order valence-corrected chi connectivity index (χ1v) is 17.8. The van der Waals surface area contributed by atoms with Gasteiger partial charge in [0.2, 0.25) is 6.04 Å². The minimum atomic E-state index is -0.499. The van der Waals surface area contributed by atoms with E-state index in [1.807, 2.05) is 36.4 Å². The average molecular weight is 649 g/mol. The second-order valence-corrected chi connectivity index (χ2v) is 13.6. The van der Waals surface area contributed by atoms with Crippen molar-refractivity contribution in [3.8, 4) is 0 Å². The van der Waals surface area contributed by atoms with Crippen LogP contribution in [0.1, 0.15) is 47.9 Å². The summed E-state index contributed by atoms with van der Waals surface area (Å²) in [5.74, 6) is 0.934. The molecule has 0 spiro atoms. The summed E-state index contributed by atoms with van der Waals surface area (Å²) in [4.78, 5) is 11.7. The fraction of sp³-hybridized carbons (Fsp3) is 0.429. The molecular formula is C42H52N2O4. The molecule has 2 aliphatic rings. The van der Waals surface area contributed by atoms with Gasteiger partial charge < -0.3 is 15.2 Å². The minimum Gasteiger partial charge on any atom is -0.381 e. The Morgan fingerprint density at radius 1 is 0.500 bits per heavy atom. The Labute approximate surface area is 286 Å². The first-order chi connectivity index (χ1) is 23.6. The normalized spacial score (nSPS) is 23.9. The molecule has 254 valence electrons. The van der Waals surface area contributed by atoms with Gasteiger partial charge in [0.15, 0.2) is 0 Å². The highest BCUT2D eigenvalue weighted by Gasteiger charge is 2.42. The van der Waals surface area contributed by atoms with Crippen LogP contribution in [0.3, 0.4) is 0 Å². The van der Waals surface area contributed by atoms with E-state index in [0.717, 1.165) is 64.6 Å². The van der Waals surface area contributed by atoms with E-state index in [0.29, 0.717) is 25.0 Å². The largest absolute Gasteiger partial charge is 0.381 e. The van der Waals surface area contributed by atoms with Crippen LogP contribution in [-0.4, -0.2) is 43.4 Å². The fourth-order valence-corrected chi connectivity index (χ4v) is 7.32. The first kappa shape index (κ1) is 35.5. The van der Waals surface area contributed by atoms with Crippen molar-refractivity contribution in [2.45, 2.75) is 63.5 Å². The van der Waals surface area contributed by atoms with Gasteiger partial charge in [-0.3, -0.25) is 10.1 Å². The van der Waals surface area contributed by atoms with Crippen LogP contribution < -0.4 is 5.73 Å². The lowest BCUT2D eigenvalue weighted by atomic mass is 9.81. The summed E-state index contributed by atoms with van der Waals surface area (Å²) >= 11 is 0. The third kappa shape index (κ3) is 11.1.